The molecule has 6 heteroatoms. The Kier molecular flexibility index (Phi) is 7.45. The first-order valence-corrected chi connectivity index (χ1v) is 13.0. The second-order valence-electron chi connectivity index (χ2n) is 10.3. The van der Waals surface area contributed by atoms with Gasteiger partial charge in [0, 0.05) is 12.5 Å². The molecule has 2 aromatic rings. The van der Waals surface area contributed by atoms with E-state index in [0.29, 0.717) is 12.2 Å². The number of aliphatic hydroxyl groups excluding tert-OH is 2. The third kappa shape index (κ3) is 3.61. The van der Waals surface area contributed by atoms with Crippen LogP contribution in [-0.2, 0) is 17.6 Å². The highest BCUT2D eigenvalue weighted by Gasteiger charge is 2.94. The zero-order valence-electron chi connectivity index (χ0n) is 21.0. The van der Waals surface area contributed by atoms with Gasteiger partial charge in [0.05, 0.1) is 18.6 Å². The van der Waals surface area contributed by atoms with Gasteiger partial charge < -0.3 is 30.3 Å². The third-order valence-corrected chi connectivity index (χ3v) is 8.20. The maximum absolute atomic E-state index is 12.0. The van der Waals surface area contributed by atoms with Crippen LogP contribution in [0.25, 0.3) is 0 Å². The molecule has 2 saturated carbocycles. The molecule has 7 atom stereocenters. The molecule has 0 aliphatic heterocycles. The number of benzene rings is 2. The molecule has 2 fully saturated rings. The summed E-state index contributed by atoms with van der Waals surface area (Å²) in [7, 11) is 0. The van der Waals surface area contributed by atoms with Crippen molar-refractivity contribution in [2.75, 3.05) is 13.2 Å². The number of aliphatic hydroxyl groups is 5. The highest BCUT2D eigenvalue weighted by molar-refractivity contribution is 5.56. The minimum Gasteiger partial charge on any atom is -0.394 e. The van der Waals surface area contributed by atoms with Crippen molar-refractivity contribution in [3.05, 3.63) is 70.8 Å². The molecule has 0 aromatic heterocycles. The molecule has 3 unspecified atom stereocenters. The summed E-state index contributed by atoms with van der Waals surface area (Å²) in [5.74, 6) is -1.80. The third-order valence-electron chi connectivity index (χ3n) is 8.20. The van der Waals surface area contributed by atoms with Crippen LogP contribution in [0.1, 0.15) is 74.1 Å². The molecular weight excluding hydrogens is 444 g/mol. The fourth-order valence-electron chi connectivity index (χ4n) is 6.60. The number of ether oxygens (including phenoxy) is 1. The summed E-state index contributed by atoms with van der Waals surface area (Å²) >= 11 is 0. The first kappa shape index (κ1) is 26.3. The lowest BCUT2D eigenvalue weighted by atomic mass is 9.30. The lowest BCUT2D eigenvalue weighted by Crippen LogP contribution is -2.99. The van der Waals surface area contributed by atoms with Gasteiger partial charge >= 0.3 is 0 Å². The second-order valence-corrected chi connectivity index (χ2v) is 10.3. The summed E-state index contributed by atoms with van der Waals surface area (Å²) in [6.07, 6.45) is 2.13. The summed E-state index contributed by atoms with van der Waals surface area (Å²) in [5, 5.41) is 56.7. The van der Waals surface area contributed by atoms with E-state index in [1.165, 1.54) is 0 Å². The number of hydrogen-bond acceptors (Lipinski definition) is 6. The number of aryl methyl sites for hydroxylation is 2. The fraction of sp³-hybridized carbons (Fsp3) is 0.586. The van der Waals surface area contributed by atoms with Crippen molar-refractivity contribution in [1.29, 1.82) is 0 Å². The minimum absolute atomic E-state index is 0.386. The van der Waals surface area contributed by atoms with Crippen molar-refractivity contribution < 1.29 is 30.3 Å². The summed E-state index contributed by atoms with van der Waals surface area (Å²) < 4.78 is 6.13. The van der Waals surface area contributed by atoms with Gasteiger partial charge in [-0.05, 0) is 41.5 Å². The normalized spacial score (nSPS) is 34.6. The average molecular weight is 485 g/mol. The van der Waals surface area contributed by atoms with Crippen LogP contribution in [0.15, 0.2) is 48.5 Å². The predicted octanol–water partition coefficient (Wildman–Crippen LogP) is 2.83. The fourth-order valence-corrected chi connectivity index (χ4v) is 6.60. The molecule has 35 heavy (non-hydrogen) atoms. The van der Waals surface area contributed by atoms with E-state index in [1.54, 1.807) is 0 Å². The Bertz CT molecular complexity index is 991. The zero-order chi connectivity index (χ0) is 25.4. The number of fused-ring (bicyclic) bond motifs is 1. The van der Waals surface area contributed by atoms with E-state index in [0.717, 1.165) is 48.8 Å². The first-order chi connectivity index (χ1) is 16.7. The van der Waals surface area contributed by atoms with Gasteiger partial charge in [-0.1, -0.05) is 82.1 Å². The van der Waals surface area contributed by atoms with Gasteiger partial charge in [-0.2, -0.15) is 0 Å². The zero-order valence-corrected chi connectivity index (χ0v) is 21.0. The molecule has 0 bridgehead atoms. The van der Waals surface area contributed by atoms with Gasteiger partial charge in [-0.15, -0.1) is 0 Å². The Morgan fingerprint density at radius 1 is 0.800 bits per heavy atom. The van der Waals surface area contributed by atoms with Crippen LogP contribution in [0, 0.1) is 0 Å². The minimum atomic E-state index is -2.17. The highest BCUT2D eigenvalue weighted by Crippen LogP contribution is 2.76. The highest BCUT2D eigenvalue weighted by atomic mass is 16.5. The Labute approximate surface area is 208 Å². The topological polar surface area (TPSA) is 110 Å². The van der Waals surface area contributed by atoms with Crippen LogP contribution in [0.5, 0.6) is 0 Å². The molecule has 0 saturated heterocycles. The molecule has 6 nitrogen and oxygen atoms in total. The van der Waals surface area contributed by atoms with E-state index in [1.807, 2.05) is 55.5 Å². The summed E-state index contributed by atoms with van der Waals surface area (Å²) in [6, 6.07) is 15.3. The van der Waals surface area contributed by atoms with E-state index >= 15 is 0 Å². The van der Waals surface area contributed by atoms with Gasteiger partial charge in [0.25, 0.3) is 0 Å². The monoisotopic (exact) mass is 484 g/mol. The van der Waals surface area contributed by atoms with E-state index < -0.39 is 47.5 Å². The van der Waals surface area contributed by atoms with Crippen LogP contribution < -0.4 is 0 Å². The van der Waals surface area contributed by atoms with E-state index in [4.69, 9.17) is 4.74 Å². The van der Waals surface area contributed by atoms with Gasteiger partial charge in [-0.3, -0.25) is 0 Å². The van der Waals surface area contributed by atoms with Crippen LogP contribution >= 0.6 is 0 Å². The van der Waals surface area contributed by atoms with E-state index in [2.05, 4.69) is 13.8 Å². The van der Waals surface area contributed by atoms with Crippen LogP contribution in [0.4, 0.5) is 0 Å². The molecule has 192 valence electrons. The van der Waals surface area contributed by atoms with Crippen LogP contribution in [-0.4, -0.2) is 67.8 Å². The predicted molar refractivity (Wildman–Crippen MR) is 134 cm³/mol. The van der Waals surface area contributed by atoms with E-state index in [9.17, 15) is 25.5 Å². The first-order valence-electron chi connectivity index (χ1n) is 13.0. The smallest absolute Gasteiger partial charge is 0.138 e. The second kappa shape index (κ2) is 9.92. The molecule has 5 N–H and O–H groups in total. The largest absolute Gasteiger partial charge is 0.394 e. The molecule has 0 radical (unpaired) electrons. The van der Waals surface area contributed by atoms with Crippen molar-refractivity contribution in [3.63, 3.8) is 0 Å². The van der Waals surface area contributed by atoms with Crippen molar-refractivity contribution >= 4 is 0 Å². The average Bonchev–Trinajstić information content (AvgIpc) is 2.87. The number of rotatable bonds is 11. The molecule has 0 heterocycles. The molecule has 0 spiro atoms. The Morgan fingerprint density at radius 3 is 1.77 bits per heavy atom. The van der Waals surface area contributed by atoms with E-state index in [-0.39, 0.29) is 0 Å². The Hall–Kier alpha value is -1.80. The molecule has 4 rings (SSSR count). The lowest BCUT2D eigenvalue weighted by Gasteiger charge is -2.80. The maximum Gasteiger partial charge on any atom is 0.138 e. The van der Waals surface area contributed by atoms with Gasteiger partial charge in [0.2, 0.25) is 0 Å². The Balaban J connectivity index is 1.79. The van der Waals surface area contributed by atoms with Gasteiger partial charge in [0.1, 0.15) is 22.9 Å². The summed E-state index contributed by atoms with van der Waals surface area (Å²) in [4.78, 5) is 0. The molecule has 2 aliphatic carbocycles. The standard InChI is InChI=1S/C29H40O6/c1-4-7-19-9-13-21(14-10-19)24-26(35-17-6-3)28(33)25(22-15-11-20(8-5-2)12-16-22)27(32,23(31)18-30)29(24,28)34/h9-16,23-26,30-34H,4-8,17-18H2,1-3H3/t23-,24?,25?,26?,27+,28+,29+/m1/s1. The van der Waals surface area contributed by atoms with Crippen molar-refractivity contribution in [2.45, 2.75) is 93.7 Å². The van der Waals surface area contributed by atoms with Crippen LogP contribution in [0.3, 0.4) is 0 Å². The summed E-state index contributed by atoms with van der Waals surface area (Å²) in [5.41, 5.74) is -2.49. The summed E-state index contributed by atoms with van der Waals surface area (Å²) in [6.45, 7) is 5.81. The van der Waals surface area contributed by atoms with Crippen molar-refractivity contribution in [3.8, 4) is 0 Å². The molecule has 2 aliphatic rings. The van der Waals surface area contributed by atoms with Crippen molar-refractivity contribution in [2.24, 2.45) is 0 Å². The molecule has 2 aromatic carbocycles. The van der Waals surface area contributed by atoms with Crippen LogP contribution in [0.2, 0.25) is 0 Å². The number of hydrogen-bond donors (Lipinski definition) is 5. The molecular formula is C29H40O6. The van der Waals surface area contributed by atoms with Gasteiger partial charge in [0.15, 0.2) is 0 Å². The van der Waals surface area contributed by atoms with Gasteiger partial charge in [-0.25, -0.2) is 0 Å². The van der Waals surface area contributed by atoms with Crippen molar-refractivity contribution in [1.82, 2.24) is 0 Å². The Morgan fingerprint density at radius 2 is 1.31 bits per heavy atom. The maximum atomic E-state index is 12.0. The quantitative estimate of drug-likeness (QED) is 0.336. The SMILES string of the molecule is CCCOC1C(c2ccc(CCC)cc2)[C@@]2(O)[C@]1(O)C(c1ccc(CCC)cc1)[C@@]2(O)[C@H](O)CO. The molecule has 0 amide bonds. The lowest BCUT2D eigenvalue weighted by molar-refractivity contribution is -0.463.